The van der Waals surface area contributed by atoms with Crippen LogP contribution in [-0.2, 0) is 11.3 Å². The van der Waals surface area contributed by atoms with Gasteiger partial charge in [-0.3, -0.25) is 9.79 Å². The van der Waals surface area contributed by atoms with Crippen molar-refractivity contribution >= 4 is 5.84 Å². The van der Waals surface area contributed by atoms with E-state index in [4.69, 9.17) is 15.2 Å². The molecule has 0 aliphatic carbocycles. The van der Waals surface area contributed by atoms with E-state index in [0.717, 1.165) is 11.3 Å². The lowest BCUT2D eigenvalue weighted by molar-refractivity contribution is 0.146. The van der Waals surface area contributed by atoms with E-state index >= 15 is 0 Å². The number of aromatic amines is 1. The van der Waals surface area contributed by atoms with E-state index in [2.05, 4.69) is 9.98 Å². The summed E-state index contributed by atoms with van der Waals surface area (Å²) in [5, 5.41) is 9.39. The minimum absolute atomic E-state index is 0.224. The number of aromatic nitrogens is 1. The number of H-pyrrole nitrogens is 1. The van der Waals surface area contributed by atoms with Gasteiger partial charge in [0.15, 0.2) is 5.75 Å². The van der Waals surface area contributed by atoms with Gasteiger partial charge in [-0.15, -0.1) is 0 Å². The zero-order valence-corrected chi connectivity index (χ0v) is 12.8. The predicted molar refractivity (Wildman–Crippen MR) is 87.0 cm³/mol. The highest BCUT2D eigenvalue weighted by atomic mass is 16.5. The summed E-state index contributed by atoms with van der Waals surface area (Å²) in [6.45, 7) is 1.35. The van der Waals surface area contributed by atoms with Crippen molar-refractivity contribution in [3.63, 3.8) is 0 Å². The average molecular weight is 317 g/mol. The van der Waals surface area contributed by atoms with Gasteiger partial charge in [0.2, 0.25) is 0 Å². The fraction of sp³-hybridized carbons (Fsp3) is 0.250. The molecular formula is C16H19N3O4. The molecule has 4 N–H and O–H groups in total. The molecule has 0 atom stereocenters. The van der Waals surface area contributed by atoms with E-state index in [1.54, 1.807) is 7.11 Å². The van der Waals surface area contributed by atoms with Gasteiger partial charge >= 0.3 is 0 Å². The second kappa shape index (κ2) is 8.00. The monoisotopic (exact) mass is 317 g/mol. The number of aliphatic imine (C=N–C) groups is 1. The summed E-state index contributed by atoms with van der Waals surface area (Å²) in [4.78, 5) is 17.8. The standard InChI is InChI=1S/C16H19N3O4/c1-22-5-6-23-13-4-2-3-11(7-13)9-18-15(17)12-8-14(20)16(21)19-10-12/h2-4,7-8,10,20H,5-6,9H2,1H3,(H2,17,18)(H,19,21). The lowest BCUT2D eigenvalue weighted by Crippen LogP contribution is -2.16. The number of hydrogen-bond donors (Lipinski definition) is 3. The van der Waals surface area contributed by atoms with Crippen molar-refractivity contribution in [1.29, 1.82) is 0 Å². The number of ether oxygens (including phenoxy) is 2. The number of benzene rings is 1. The predicted octanol–water partition coefficient (Wildman–Crippen LogP) is 1.01. The van der Waals surface area contributed by atoms with Crippen molar-refractivity contribution < 1.29 is 14.6 Å². The van der Waals surface area contributed by atoms with Crippen LogP contribution < -0.4 is 16.0 Å². The van der Waals surface area contributed by atoms with E-state index < -0.39 is 11.3 Å². The molecule has 0 fully saturated rings. The molecule has 0 unspecified atom stereocenters. The third-order valence-electron chi connectivity index (χ3n) is 3.07. The molecule has 2 aromatic rings. The lowest BCUT2D eigenvalue weighted by Gasteiger charge is -2.07. The first-order valence-corrected chi connectivity index (χ1v) is 7.03. The maximum atomic E-state index is 11.1. The van der Waals surface area contributed by atoms with E-state index in [1.807, 2.05) is 24.3 Å². The molecule has 0 aliphatic rings. The maximum Gasteiger partial charge on any atom is 0.290 e. The third-order valence-corrected chi connectivity index (χ3v) is 3.07. The van der Waals surface area contributed by atoms with Crippen molar-refractivity contribution in [2.75, 3.05) is 20.3 Å². The van der Waals surface area contributed by atoms with Crippen LogP contribution in [0.4, 0.5) is 0 Å². The minimum atomic E-state index is -0.567. The molecule has 0 saturated carbocycles. The van der Waals surface area contributed by atoms with Crippen molar-refractivity contribution in [2.24, 2.45) is 10.7 Å². The van der Waals surface area contributed by atoms with Crippen molar-refractivity contribution in [3.8, 4) is 11.5 Å². The van der Waals surface area contributed by atoms with E-state index in [0.29, 0.717) is 25.3 Å². The number of nitrogens with two attached hydrogens (primary N) is 1. The lowest BCUT2D eigenvalue weighted by atomic mass is 10.2. The molecule has 2 rings (SSSR count). The molecule has 0 amide bonds. The molecule has 1 heterocycles. The highest BCUT2D eigenvalue weighted by Gasteiger charge is 2.03. The molecule has 0 bridgehead atoms. The summed E-state index contributed by atoms with van der Waals surface area (Å²) in [7, 11) is 1.62. The largest absolute Gasteiger partial charge is 0.503 e. The van der Waals surface area contributed by atoms with Gasteiger partial charge in [-0.05, 0) is 23.8 Å². The van der Waals surface area contributed by atoms with Crippen molar-refractivity contribution in [2.45, 2.75) is 6.54 Å². The van der Waals surface area contributed by atoms with E-state index in [9.17, 15) is 9.90 Å². The summed E-state index contributed by atoms with van der Waals surface area (Å²) in [5.74, 6) is 0.562. The van der Waals surface area contributed by atoms with Crippen LogP contribution in [0.2, 0.25) is 0 Å². The first-order chi connectivity index (χ1) is 11.1. The van der Waals surface area contributed by atoms with Gasteiger partial charge in [-0.1, -0.05) is 12.1 Å². The van der Waals surface area contributed by atoms with Crippen LogP contribution in [0.5, 0.6) is 11.5 Å². The quantitative estimate of drug-likeness (QED) is 0.401. The van der Waals surface area contributed by atoms with Gasteiger partial charge < -0.3 is 25.3 Å². The summed E-state index contributed by atoms with van der Waals surface area (Å²) in [6, 6.07) is 8.78. The Morgan fingerprint density at radius 2 is 2.17 bits per heavy atom. The van der Waals surface area contributed by atoms with Crippen LogP contribution in [0.15, 0.2) is 46.3 Å². The Kier molecular flexibility index (Phi) is 5.76. The zero-order chi connectivity index (χ0) is 16.7. The number of hydrogen-bond acceptors (Lipinski definition) is 5. The summed E-state index contributed by atoms with van der Waals surface area (Å²) < 4.78 is 10.5. The van der Waals surface area contributed by atoms with Crippen molar-refractivity contribution in [1.82, 2.24) is 4.98 Å². The molecule has 122 valence electrons. The van der Waals surface area contributed by atoms with Crippen LogP contribution in [-0.4, -0.2) is 36.2 Å². The molecule has 0 saturated heterocycles. The summed E-state index contributed by atoms with van der Waals surface area (Å²) in [6.07, 6.45) is 1.41. The molecule has 1 aromatic carbocycles. The van der Waals surface area contributed by atoms with Gasteiger partial charge in [-0.25, -0.2) is 0 Å². The highest BCUT2D eigenvalue weighted by Crippen LogP contribution is 2.14. The topological polar surface area (TPSA) is 110 Å². The number of methoxy groups -OCH3 is 1. The molecule has 7 nitrogen and oxygen atoms in total. The number of rotatable bonds is 7. The number of nitrogens with one attached hydrogen (secondary N) is 1. The normalized spacial score (nSPS) is 11.4. The Hall–Kier alpha value is -2.80. The fourth-order valence-corrected chi connectivity index (χ4v) is 1.86. The summed E-state index contributed by atoms with van der Waals surface area (Å²) >= 11 is 0. The second-order valence-electron chi connectivity index (χ2n) is 4.79. The van der Waals surface area contributed by atoms with Gasteiger partial charge in [0.05, 0.1) is 13.2 Å². The zero-order valence-electron chi connectivity index (χ0n) is 12.8. The first kappa shape index (κ1) is 16.6. The summed E-state index contributed by atoms with van der Waals surface area (Å²) in [5.41, 5.74) is 6.68. The van der Waals surface area contributed by atoms with Gasteiger partial charge in [-0.2, -0.15) is 0 Å². The molecule has 0 aliphatic heterocycles. The Balaban J connectivity index is 2.05. The van der Waals surface area contributed by atoms with Crippen LogP contribution >= 0.6 is 0 Å². The molecule has 0 spiro atoms. The molecule has 1 aromatic heterocycles. The Labute approximate surface area is 133 Å². The van der Waals surface area contributed by atoms with Gasteiger partial charge in [0.1, 0.15) is 18.2 Å². The van der Waals surface area contributed by atoms with Crippen LogP contribution in [0.3, 0.4) is 0 Å². The Morgan fingerprint density at radius 1 is 1.35 bits per heavy atom. The van der Waals surface area contributed by atoms with E-state index in [1.165, 1.54) is 12.3 Å². The molecule has 7 heteroatoms. The van der Waals surface area contributed by atoms with Crippen LogP contribution in [0, 0.1) is 0 Å². The fourth-order valence-electron chi connectivity index (χ4n) is 1.86. The highest BCUT2D eigenvalue weighted by molar-refractivity contribution is 5.97. The smallest absolute Gasteiger partial charge is 0.290 e. The number of nitrogens with zero attached hydrogens (tertiary/aromatic N) is 1. The second-order valence-corrected chi connectivity index (χ2v) is 4.79. The van der Waals surface area contributed by atoms with Gasteiger partial charge in [0, 0.05) is 18.9 Å². The number of amidine groups is 1. The SMILES string of the molecule is COCCOc1cccc(CN=C(N)c2c[nH]c(=O)c(O)c2)c1. The minimum Gasteiger partial charge on any atom is -0.503 e. The number of pyridine rings is 1. The van der Waals surface area contributed by atoms with Crippen LogP contribution in [0.25, 0.3) is 0 Å². The third kappa shape index (κ3) is 4.86. The Bertz CT molecular complexity index is 740. The molecule has 23 heavy (non-hydrogen) atoms. The average Bonchev–Trinajstić information content (AvgIpc) is 2.56. The maximum absolute atomic E-state index is 11.1. The first-order valence-electron chi connectivity index (χ1n) is 7.03. The Morgan fingerprint density at radius 3 is 2.91 bits per heavy atom. The molecular weight excluding hydrogens is 298 g/mol. The van der Waals surface area contributed by atoms with Crippen LogP contribution in [0.1, 0.15) is 11.1 Å². The van der Waals surface area contributed by atoms with E-state index in [-0.39, 0.29) is 5.84 Å². The van der Waals surface area contributed by atoms with Gasteiger partial charge in [0.25, 0.3) is 5.56 Å². The molecule has 0 radical (unpaired) electrons. The van der Waals surface area contributed by atoms with Crippen molar-refractivity contribution in [3.05, 3.63) is 58.0 Å². The number of aromatic hydroxyl groups is 1.